The highest BCUT2D eigenvalue weighted by Crippen LogP contribution is 2.28. The molecule has 0 radical (unpaired) electrons. The molecule has 134 valence electrons. The third-order valence-electron chi connectivity index (χ3n) is 3.92. The summed E-state index contributed by atoms with van der Waals surface area (Å²) in [7, 11) is 0. The normalized spacial score (nSPS) is 11.0. The maximum absolute atomic E-state index is 9.41. The van der Waals surface area contributed by atoms with E-state index in [4.69, 9.17) is 14.7 Å². The van der Waals surface area contributed by atoms with Crippen LogP contribution in [0.3, 0.4) is 0 Å². The molecular formula is C19H16N6O2. The first-order chi connectivity index (χ1) is 13.0. The number of benzene rings is 2. The fourth-order valence-electron chi connectivity index (χ4n) is 2.75. The fraction of sp³-hybridized carbons (Fsp3) is 0.158. The molecule has 0 saturated carbocycles. The van der Waals surface area contributed by atoms with Gasteiger partial charge >= 0.3 is 0 Å². The Morgan fingerprint density at radius 1 is 1.11 bits per heavy atom. The van der Waals surface area contributed by atoms with Gasteiger partial charge in [-0.3, -0.25) is 0 Å². The molecule has 8 heteroatoms. The number of nitriles is 1. The molecule has 0 unspecified atom stereocenters. The van der Waals surface area contributed by atoms with Crippen molar-refractivity contribution >= 4 is 22.8 Å². The Morgan fingerprint density at radius 2 is 1.93 bits per heavy atom. The van der Waals surface area contributed by atoms with E-state index in [1.807, 2.05) is 26.0 Å². The molecule has 2 aromatic carbocycles. The lowest BCUT2D eigenvalue weighted by molar-refractivity contribution is 0.432. The van der Waals surface area contributed by atoms with Crippen LogP contribution in [0.15, 0.2) is 45.3 Å². The monoisotopic (exact) mass is 360 g/mol. The van der Waals surface area contributed by atoms with E-state index in [0.717, 1.165) is 11.3 Å². The third-order valence-corrected chi connectivity index (χ3v) is 3.92. The SMILES string of the molecule is CC(C)Nc1ccc(-c2nc(-c3ccc4oc(N)nc4c3)no2)cc1C#N. The standard InChI is InChI=1S/C19H16N6O2/c1-10(2)22-14-5-3-12(7-13(14)9-20)18-24-17(25-27-18)11-4-6-16-15(8-11)23-19(21)26-16/h3-8,10,22H,1-2H3,(H2,21,23). The summed E-state index contributed by atoms with van der Waals surface area (Å²) in [5.41, 5.74) is 9.46. The number of hydrogen-bond donors (Lipinski definition) is 2. The number of oxazole rings is 1. The van der Waals surface area contributed by atoms with E-state index in [1.165, 1.54) is 0 Å². The summed E-state index contributed by atoms with van der Waals surface area (Å²) >= 11 is 0. The number of rotatable bonds is 4. The van der Waals surface area contributed by atoms with Crippen molar-refractivity contribution < 1.29 is 8.94 Å². The highest BCUT2D eigenvalue weighted by molar-refractivity contribution is 5.80. The Labute approximate surface area is 154 Å². The number of nitrogens with two attached hydrogens (primary N) is 1. The molecular weight excluding hydrogens is 344 g/mol. The molecule has 4 rings (SSSR count). The predicted octanol–water partition coefficient (Wildman–Crippen LogP) is 3.82. The first-order valence-electron chi connectivity index (χ1n) is 8.34. The van der Waals surface area contributed by atoms with Crippen LogP contribution in [-0.2, 0) is 0 Å². The lowest BCUT2D eigenvalue weighted by Crippen LogP contribution is -2.10. The summed E-state index contributed by atoms with van der Waals surface area (Å²) in [6.07, 6.45) is 0. The molecule has 4 aromatic rings. The predicted molar refractivity (Wildman–Crippen MR) is 101 cm³/mol. The molecule has 27 heavy (non-hydrogen) atoms. The third kappa shape index (κ3) is 3.18. The van der Waals surface area contributed by atoms with Gasteiger partial charge in [0.1, 0.15) is 11.6 Å². The smallest absolute Gasteiger partial charge is 0.292 e. The maximum atomic E-state index is 9.41. The highest BCUT2D eigenvalue weighted by atomic mass is 16.5. The largest absolute Gasteiger partial charge is 0.424 e. The van der Waals surface area contributed by atoms with Crippen molar-refractivity contribution in [1.82, 2.24) is 15.1 Å². The second-order valence-electron chi connectivity index (χ2n) is 6.33. The minimum Gasteiger partial charge on any atom is -0.424 e. The van der Waals surface area contributed by atoms with Crippen LogP contribution < -0.4 is 11.1 Å². The van der Waals surface area contributed by atoms with Crippen molar-refractivity contribution in [3.05, 3.63) is 42.0 Å². The van der Waals surface area contributed by atoms with E-state index < -0.39 is 0 Å². The first-order valence-corrected chi connectivity index (χ1v) is 8.34. The van der Waals surface area contributed by atoms with Crippen molar-refractivity contribution in [2.45, 2.75) is 19.9 Å². The van der Waals surface area contributed by atoms with Crippen LogP contribution in [0.2, 0.25) is 0 Å². The van der Waals surface area contributed by atoms with Crippen LogP contribution >= 0.6 is 0 Å². The molecule has 0 aliphatic rings. The summed E-state index contributed by atoms with van der Waals surface area (Å²) in [5, 5.41) is 16.7. The van der Waals surface area contributed by atoms with Gasteiger partial charge in [-0.1, -0.05) is 5.16 Å². The van der Waals surface area contributed by atoms with Crippen molar-refractivity contribution in [2.24, 2.45) is 0 Å². The van der Waals surface area contributed by atoms with Gasteiger partial charge in [-0.15, -0.1) is 0 Å². The van der Waals surface area contributed by atoms with Gasteiger partial charge in [0.15, 0.2) is 5.58 Å². The molecule has 0 aliphatic heterocycles. The number of anilines is 2. The summed E-state index contributed by atoms with van der Waals surface area (Å²) < 4.78 is 10.6. The lowest BCUT2D eigenvalue weighted by atomic mass is 10.1. The quantitative estimate of drug-likeness (QED) is 0.562. The summed E-state index contributed by atoms with van der Waals surface area (Å²) in [4.78, 5) is 8.54. The Hall–Kier alpha value is -3.86. The Morgan fingerprint density at radius 3 is 2.70 bits per heavy atom. The van der Waals surface area contributed by atoms with E-state index in [2.05, 4.69) is 26.5 Å². The summed E-state index contributed by atoms with van der Waals surface area (Å²) in [6, 6.07) is 13.3. The van der Waals surface area contributed by atoms with Crippen molar-refractivity contribution in [2.75, 3.05) is 11.1 Å². The molecule has 0 saturated heterocycles. The number of fused-ring (bicyclic) bond motifs is 1. The molecule has 0 bridgehead atoms. The molecule has 2 aromatic heterocycles. The second-order valence-corrected chi connectivity index (χ2v) is 6.33. The molecule has 0 fully saturated rings. The van der Waals surface area contributed by atoms with Gasteiger partial charge in [-0.2, -0.15) is 15.2 Å². The van der Waals surface area contributed by atoms with E-state index >= 15 is 0 Å². The van der Waals surface area contributed by atoms with Crippen LogP contribution in [0, 0.1) is 11.3 Å². The molecule has 3 N–H and O–H groups in total. The van der Waals surface area contributed by atoms with E-state index in [0.29, 0.717) is 33.9 Å². The van der Waals surface area contributed by atoms with Crippen LogP contribution in [0.4, 0.5) is 11.7 Å². The molecule has 0 spiro atoms. The number of nitrogen functional groups attached to an aromatic ring is 1. The van der Waals surface area contributed by atoms with E-state index in [-0.39, 0.29) is 12.1 Å². The van der Waals surface area contributed by atoms with Gasteiger partial charge in [0, 0.05) is 17.2 Å². The molecule has 0 aliphatic carbocycles. The van der Waals surface area contributed by atoms with Crippen LogP contribution in [0.5, 0.6) is 0 Å². The van der Waals surface area contributed by atoms with Crippen LogP contribution in [0.1, 0.15) is 19.4 Å². The summed E-state index contributed by atoms with van der Waals surface area (Å²) in [6.45, 7) is 4.03. The zero-order chi connectivity index (χ0) is 19.0. The Bertz CT molecular complexity index is 1170. The lowest BCUT2D eigenvalue weighted by Gasteiger charge is -2.11. The zero-order valence-electron chi connectivity index (χ0n) is 14.7. The molecule has 0 atom stereocenters. The van der Waals surface area contributed by atoms with Crippen molar-refractivity contribution in [1.29, 1.82) is 5.26 Å². The minimum absolute atomic E-state index is 0.107. The molecule has 2 heterocycles. The van der Waals surface area contributed by atoms with Gasteiger partial charge in [-0.05, 0) is 50.2 Å². The Kier molecular flexibility index (Phi) is 3.97. The minimum atomic E-state index is 0.107. The highest BCUT2D eigenvalue weighted by Gasteiger charge is 2.14. The van der Waals surface area contributed by atoms with E-state index in [1.54, 1.807) is 24.3 Å². The van der Waals surface area contributed by atoms with Gasteiger partial charge < -0.3 is 20.0 Å². The van der Waals surface area contributed by atoms with Crippen LogP contribution in [-0.4, -0.2) is 21.2 Å². The fourth-order valence-corrected chi connectivity index (χ4v) is 2.75. The number of nitrogens with zero attached hydrogens (tertiary/aromatic N) is 4. The van der Waals surface area contributed by atoms with Gasteiger partial charge in [0.2, 0.25) is 5.82 Å². The van der Waals surface area contributed by atoms with Gasteiger partial charge in [0.25, 0.3) is 11.9 Å². The first kappa shape index (κ1) is 16.6. The van der Waals surface area contributed by atoms with E-state index in [9.17, 15) is 5.26 Å². The van der Waals surface area contributed by atoms with Crippen molar-refractivity contribution in [3.8, 4) is 28.9 Å². The van der Waals surface area contributed by atoms with Gasteiger partial charge in [0.05, 0.1) is 11.3 Å². The number of nitrogens with one attached hydrogen (secondary N) is 1. The summed E-state index contributed by atoms with van der Waals surface area (Å²) in [5.74, 6) is 0.744. The van der Waals surface area contributed by atoms with Crippen LogP contribution in [0.25, 0.3) is 33.9 Å². The Balaban J connectivity index is 1.68. The second kappa shape index (κ2) is 6.46. The zero-order valence-corrected chi connectivity index (χ0v) is 14.7. The van der Waals surface area contributed by atoms with Crippen molar-refractivity contribution in [3.63, 3.8) is 0 Å². The maximum Gasteiger partial charge on any atom is 0.292 e. The average Bonchev–Trinajstić information content (AvgIpc) is 3.26. The average molecular weight is 360 g/mol. The van der Waals surface area contributed by atoms with Gasteiger partial charge in [-0.25, -0.2) is 0 Å². The number of aromatic nitrogens is 3. The molecule has 8 nitrogen and oxygen atoms in total. The number of hydrogen-bond acceptors (Lipinski definition) is 8. The molecule has 0 amide bonds. The topological polar surface area (TPSA) is 127 Å².